The number of amides is 1. The van der Waals surface area contributed by atoms with Gasteiger partial charge in [0, 0.05) is 12.6 Å². The highest BCUT2D eigenvalue weighted by Crippen LogP contribution is 2.29. The zero-order valence-corrected chi connectivity index (χ0v) is 12.1. The molecule has 1 aliphatic heterocycles. The minimum atomic E-state index is -0.599. The molecule has 104 valence electrons. The molecule has 6 heteroatoms. The molecule has 1 saturated heterocycles. The molecule has 1 unspecified atom stereocenters. The summed E-state index contributed by atoms with van der Waals surface area (Å²) < 4.78 is 27.4. The van der Waals surface area contributed by atoms with Crippen molar-refractivity contribution >= 4 is 27.5 Å². The molecule has 1 fully saturated rings. The Morgan fingerprint density at radius 2 is 2.16 bits per heavy atom. The maximum absolute atomic E-state index is 13.8. The molecule has 3 nitrogen and oxygen atoms in total. The summed E-state index contributed by atoms with van der Waals surface area (Å²) in [5, 5.41) is 3.11. The highest BCUT2D eigenvalue weighted by Gasteiger charge is 2.33. The average molecular weight is 333 g/mol. The van der Waals surface area contributed by atoms with E-state index in [9.17, 15) is 13.6 Å². The van der Waals surface area contributed by atoms with Gasteiger partial charge in [-0.1, -0.05) is 6.92 Å². The Kier molecular flexibility index (Phi) is 4.52. The number of benzene rings is 1. The fourth-order valence-corrected chi connectivity index (χ4v) is 2.46. The van der Waals surface area contributed by atoms with E-state index >= 15 is 0 Å². The molecular weight excluding hydrogens is 318 g/mol. The van der Waals surface area contributed by atoms with Crippen LogP contribution in [0.1, 0.15) is 19.8 Å². The largest absolute Gasteiger partial charge is 0.308 e. The lowest BCUT2D eigenvalue weighted by Gasteiger charge is -2.18. The van der Waals surface area contributed by atoms with Gasteiger partial charge in [-0.05, 0) is 41.4 Å². The van der Waals surface area contributed by atoms with Crippen molar-refractivity contribution in [3.63, 3.8) is 0 Å². The number of carbonyl (C=O) groups is 1. The number of nitrogens with zero attached hydrogens (tertiary/aromatic N) is 1. The van der Waals surface area contributed by atoms with Crippen molar-refractivity contribution in [2.45, 2.75) is 25.8 Å². The van der Waals surface area contributed by atoms with Gasteiger partial charge in [-0.2, -0.15) is 0 Å². The first kappa shape index (κ1) is 14.4. The Balaban J connectivity index is 2.20. The van der Waals surface area contributed by atoms with E-state index in [0.29, 0.717) is 13.0 Å². The van der Waals surface area contributed by atoms with Gasteiger partial charge >= 0.3 is 0 Å². The second kappa shape index (κ2) is 5.96. The summed E-state index contributed by atoms with van der Waals surface area (Å²) in [5.41, 5.74) is 0.00602. The molecule has 1 amide bonds. The maximum atomic E-state index is 13.8. The van der Waals surface area contributed by atoms with E-state index < -0.39 is 11.6 Å². The minimum Gasteiger partial charge on any atom is -0.308 e. The summed E-state index contributed by atoms with van der Waals surface area (Å²) in [5.74, 6) is -1.37. The first-order chi connectivity index (χ1) is 9.04. The van der Waals surface area contributed by atoms with Gasteiger partial charge in [-0.3, -0.25) is 4.79 Å². The number of anilines is 1. The molecule has 1 atom stereocenters. The second-order valence-corrected chi connectivity index (χ2v) is 5.36. The molecule has 1 aliphatic rings. The molecule has 1 N–H and O–H groups in total. The molecule has 0 bridgehead atoms. The van der Waals surface area contributed by atoms with Crippen LogP contribution in [0.15, 0.2) is 16.6 Å². The van der Waals surface area contributed by atoms with Crippen molar-refractivity contribution in [2.24, 2.45) is 0 Å². The van der Waals surface area contributed by atoms with E-state index in [-0.39, 0.29) is 22.1 Å². The second-order valence-electron chi connectivity index (χ2n) is 4.50. The van der Waals surface area contributed by atoms with Crippen LogP contribution in [0.2, 0.25) is 0 Å². The van der Waals surface area contributed by atoms with Crippen molar-refractivity contribution in [1.82, 2.24) is 5.32 Å². The van der Waals surface area contributed by atoms with Crippen molar-refractivity contribution in [3.05, 3.63) is 28.2 Å². The molecule has 0 spiro atoms. The fraction of sp³-hybridized carbons (Fsp3) is 0.462. The Morgan fingerprint density at radius 1 is 1.42 bits per heavy atom. The Morgan fingerprint density at radius 3 is 2.84 bits per heavy atom. The monoisotopic (exact) mass is 332 g/mol. The van der Waals surface area contributed by atoms with Gasteiger partial charge in [-0.25, -0.2) is 8.78 Å². The average Bonchev–Trinajstić information content (AvgIpc) is 2.73. The van der Waals surface area contributed by atoms with Crippen LogP contribution in [0.3, 0.4) is 0 Å². The predicted molar refractivity (Wildman–Crippen MR) is 73.1 cm³/mol. The van der Waals surface area contributed by atoms with Gasteiger partial charge in [0.05, 0.1) is 16.2 Å². The zero-order valence-electron chi connectivity index (χ0n) is 10.5. The van der Waals surface area contributed by atoms with Crippen molar-refractivity contribution in [2.75, 3.05) is 18.0 Å². The first-order valence-corrected chi connectivity index (χ1v) is 7.03. The Hall–Kier alpha value is -1.01. The molecule has 1 aromatic rings. The first-order valence-electron chi connectivity index (χ1n) is 6.24. The molecule has 2 rings (SSSR count). The lowest BCUT2D eigenvalue weighted by Crippen LogP contribution is -2.38. The maximum Gasteiger partial charge on any atom is 0.244 e. The summed E-state index contributed by atoms with van der Waals surface area (Å²) in [4.78, 5) is 13.4. The van der Waals surface area contributed by atoms with E-state index in [1.807, 2.05) is 6.92 Å². The van der Waals surface area contributed by atoms with Crippen molar-refractivity contribution in [3.8, 4) is 0 Å². The molecule has 0 aliphatic carbocycles. The lowest BCUT2D eigenvalue weighted by atomic mass is 10.2. The summed E-state index contributed by atoms with van der Waals surface area (Å²) in [6.07, 6.45) is 1.53. The van der Waals surface area contributed by atoms with Gasteiger partial charge in [-0.15, -0.1) is 0 Å². The summed E-state index contributed by atoms with van der Waals surface area (Å²) in [7, 11) is 0. The van der Waals surface area contributed by atoms with Crippen LogP contribution < -0.4 is 10.2 Å². The van der Waals surface area contributed by atoms with Crippen LogP contribution >= 0.6 is 15.9 Å². The van der Waals surface area contributed by atoms with Gasteiger partial charge in [0.1, 0.15) is 11.6 Å². The SMILES string of the molecule is CCCNC1CCN(c2cc(F)c(Br)cc2F)C1=O. The molecule has 0 radical (unpaired) electrons. The molecule has 0 saturated carbocycles. The Bertz CT molecular complexity index is 496. The summed E-state index contributed by atoms with van der Waals surface area (Å²) in [6, 6.07) is 1.80. The fourth-order valence-electron chi connectivity index (χ4n) is 2.15. The van der Waals surface area contributed by atoms with Gasteiger partial charge < -0.3 is 10.2 Å². The van der Waals surface area contributed by atoms with Gasteiger partial charge in [0.15, 0.2) is 0 Å². The smallest absolute Gasteiger partial charge is 0.244 e. The van der Waals surface area contributed by atoms with Crippen LogP contribution in [0.5, 0.6) is 0 Å². The number of hydrogen-bond donors (Lipinski definition) is 1. The van der Waals surface area contributed by atoms with E-state index in [0.717, 1.165) is 25.1 Å². The zero-order chi connectivity index (χ0) is 14.0. The summed E-state index contributed by atoms with van der Waals surface area (Å²) >= 11 is 2.92. The van der Waals surface area contributed by atoms with Crippen LogP contribution in [0, 0.1) is 11.6 Å². The number of rotatable bonds is 4. The third kappa shape index (κ3) is 2.95. The van der Waals surface area contributed by atoms with Crippen molar-refractivity contribution < 1.29 is 13.6 Å². The molecule has 1 heterocycles. The van der Waals surface area contributed by atoms with Crippen LogP contribution in [-0.4, -0.2) is 25.0 Å². The Labute approximate surface area is 119 Å². The number of carbonyl (C=O) groups excluding carboxylic acids is 1. The molecule has 19 heavy (non-hydrogen) atoms. The van der Waals surface area contributed by atoms with E-state index in [1.54, 1.807) is 0 Å². The van der Waals surface area contributed by atoms with E-state index in [1.165, 1.54) is 4.90 Å². The van der Waals surface area contributed by atoms with Crippen LogP contribution in [-0.2, 0) is 4.79 Å². The number of nitrogens with one attached hydrogen (secondary N) is 1. The normalized spacial score (nSPS) is 19.3. The summed E-state index contributed by atoms with van der Waals surface area (Å²) in [6.45, 7) is 3.15. The third-order valence-corrected chi connectivity index (χ3v) is 3.73. The topological polar surface area (TPSA) is 32.3 Å². The van der Waals surface area contributed by atoms with Crippen LogP contribution in [0.25, 0.3) is 0 Å². The van der Waals surface area contributed by atoms with Crippen LogP contribution in [0.4, 0.5) is 14.5 Å². The van der Waals surface area contributed by atoms with E-state index in [4.69, 9.17) is 0 Å². The predicted octanol–water partition coefficient (Wildman–Crippen LogP) is 2.83. The number of hydrogen-bond acceptors (Lipinski definition) is 2. The lowest BCUT2D eigenvalue weighted by molar-refractivity contribution is -0.118. The highest BCUT2D eigenvalue weighted by atomic mass is 79.9. The number of halogens is 3. The van der Waals surface area contributed by atoms with E-state index in [2.05, 4.69) is 21.2 Å². The quantitative estimate of drug-likeness (QED) is 0.860. The van der Waals surface area contributed by atoms with Crippen molar-refractivity contribution in [1.29, 1.82) is 0 Å². The molecular formula is C13H15BrF2N2O. The molecule has 1 aromatic carbocycles. The standard InChI is InChI=1S/C13H15BrF2N2O/c1-2-4-17-11-3-5-18(13(11)19)12-7-9(15)8(14)6-10(12)16/h6-7,11,17H,2-5H2,1H3. The minimum absolute atomic E-state index is 0.00602. The highest BCUT2D eigenvalue weighted by molar-refractivity contribution is 9.10. The van der Waals surface area contributed by atoms with Gasteiger partial charge in [0.25, 0.3) is 0 Å². The molecule has 0 aromatic heterocycles. The third-order valence-electron chi connectivity index (χ3n) is 3.13. The van der Waals surface area contributed by atoms with Gasteiger partial charge in [0.2, 0.25) is 5.91 Å².